The first-order valence-corrected chi connectivity index (χ1v) is 4.59. The molecule has 0 aromatic carbocycles. The molecule has 1 aromatic heterocycles. The van der Waals surface area contributed by atoms with Gasteiger partial charge in [0.25, 0.3) is 0 Å². The number of hydrogen-bond donors (Lipinski definition) is 1. The van der Waals surface area contributed by atoms with Crippen molar-refractivity contribution in [2.75, 3.05) is 13.2 Å². The highest BCUT2D eigenvalue weighted by Crippen LogP contribution is 2.27. The molecule has 0 spiro atoms. The van der Waals surface area contributed by atoms with E-state index >= 15 is 0 Å². The molecule has 0 bridgehead atoms. The van der Waals surface area contributed by atoms with Crippen LogP contribution in [0.2, 0.25) is 0 Å². The Morgan fingerprint density at radius 3 is 2.69 bits per heavy atom. The van der Waals surface area contributed by atoms with Gasteiger partial charge in [-0.05, 0) is 25.0 Å². The molecule has 70 valence electrons. The first kappa shape index (κ1) is 8.66. The van der Waals surface area contributed by atoms with Gasteiger partial charge in [0.15, 0.2) is 0 Å². The number of ether oxygens (including phenoxy) is 1. The zero-order valence-electron chi connectivity index (χ0n) is 7.57. The zero-order valence-corrected chi connectivity index (χ0v) is 7.57. The van der Waals surface area contributed by atoms with Crippen molar-refractivity contribution < 1.29 is 4.74 Å². The van der Waals surface area contributed by atoms with Crippen molar-refractivity contribution in [1.82, 2.24) is 4.98 Å². The summed E-state index contributed by atoms with van der Waals surface area (Å²) >= 11 is 0. The molecule has 0 radical (unpaired) electrons. The Labute approximate surface area is 77.9 Å². The van der Waals surface area contributed by atoms with E-state index in [1.807, 2.05) is 18.2 Å². The number of nitrogens with zero attached hydrogens (tertiary/aromatic N) is 1. The first-order valence-electron chi connectivity index (χ1n) is 4.59. The predicted molar refractivity (Wildman–Crippen MR) is 50.2 cm³/mol. The van der Waals surface area contributed by atoms with Crippen LogP contribution in [0.4, 0.5) is 0 Å². The summed E-state index contributed by atoms with van der Waals surface area (Å²) in [5.74, 6) is 0. The van der Waals surface area contributed by atoms with Crippen LogP contribution in [0.3, 0.4) is 0 Å². The molecule has 0 aliphatic carbocycles. The number of hydrogen-bond acceptors (Lipinski definition) is 3. The van der Waals surface area contributed by atoms with Gasteiger partial charge in [0.1, 0.15) is 0 Å². The molecule has 0 amide bonds. The lowest BCUT2D eigenvalue weighted by molar-refractivity contribution is 0.0508. The molecule has 1 aliphatic heterocycles. The van der Waals surface area contributed by atoms with Crippen molar-refractivity contribution in [3.05, 3.63) is 30.1 Å². The van der Waals surface area contributed by atoms with Crippen LogP contribution < -0.4 is 5.73 Å². The maximum atomic E-state index is 6.24. The van der Waals surface area contributed by atoms with Gasteiger partial charge >= 0.3 is 0 Å². The minimum absolute atomic E-state index is 0.264. The molecule has 1 fully saturated rings. The van der Waals surface area contributed by atoms with E-state index in [0.717, 1.165) is 31.7 Å². The number of nitrogens with two attached hydrogens (primary N) is 1. The number of rotatable bonds is 1. The molecule has 0 atom stereocenters. The van der Waals surface area contributed by atoms with Crippen LogP contribution in [0, 0.1) is 0 Å². The van der Waals surface area contributed by atoms with Gasteiger partial charge in [0, 0.05) is 19.4 Å². The molecule has 1 aliphatic rings. The first-order chi connectivity index (χ1) is 6.31. The lowest BCUT2D eigenvalue weighted by atomic mass is 9.87. The smallest absolute Gasteiger partial charge is 0.0627 e. The summed E-state index contributed by atoms with van der Waals surface area (Å²) < 4.78 is 5.28. The lowest BCUT2D eigenvalue weighted by Crippen LogP contribution is -2.42. The zero-order chi connectivity index (χ0) is 9.15. The molecular formula is C10H14N2O. The molecule has 2 N–H and O–H groups in total. The summed E-state index contributed by atoms with van der Waals surface area (Å²) in [5.41, 5.74) is 6.96. The van der Waals surface area contributed by atoms with E-state index in [0.29, 0.717) is 0 Å². The van der Waals surface area contributed by atoms with Crippen LogP contribution in [0.5, 0.6) is 0 Å². The predicted octanol–water partition coefficient (Wildman–Crippen LogP) is 1.05. The maximum absolute atomic E-state index is 6.24. The summed E-state index contributed by atoms with van der Waals surface area (Å²) in [7, 11) is 0. The van der Waals surface area contributed by atoms with Gasteiger partial charge in [0.05, 0.1) is 11.2 Å². The fourth-order valence-electron chi connectivity index (χ4n) is 1.65. The van der Waals surface area contributed by atoms with Crippen LogP contribution in [0.1, 0.15) is 18.5 Å². The topological polar surface area (TPSA) is 48.1 Å². The van der Waals surface area contributed by atoms with Crippen molar-refractivity contribution in [3.8, 4) is 0 Å². The Morgan fingerprint density at radius 1 is 1.31 bits per heavy atom. The highest BCUT2D eigenvalue weighted by molar-refractivity contribution is 5.15. The Balaban J connectivity index is 2.23. The molecule has 13 heavy (non-hydrogen) atoms. The second kappa shape index (κ2) is 3.44. The average molecular weight is 178 g/mol. The van der Waals surface area contributed by atoms with Crippen molar-refractivity contribution >= 4 is 0 Å². The van der Waals surface area contributed by atoms with E-state index < -0.39 is 0 Å². The van der Waals surface area contributed by atoms with E-state index in [2.05, 4.69) is 4.98 Å². The van der Waals surface area contributed by atoms with Crippen molar-refractivity contribution in [2.24, 2.45) is 5.73 Å². The molecule has 1 saturated heterocycles. The van der Waals surface area contributed by atoms with Gasteiger partial charge in [-0.2, -0.15) is 0 Å². The van der Waals surface area contributed by atoms with Gasteiger partial charge in [-0.1, -0.05) is 6.07 Å². The molecule has 1 aromatic rings. The number of aromatic nitrogens is 1. The summed E-state index contributed by atoms with van der Waals surface area (Å²) in [5, 5.41) is 0. The van der Waals surface area contributed by atoms with Crippen molar-refractivity contribution in [1.29, 1.82) is 0 Å². The highest BCUT2D eigenvalue weighted by Gasteiger charge is 2.30. The minimum Gasteiger partial charge on any atom is -0.381 e. The summed E-state index contributed by atoms with van der Waals surface area (Å²) in [4.78, 5) is 4.29. The third-order valence-electron chi connectivity index (χ3n) is 2.56. The fourth-order valence-corrected chi connectivity index (χ4v) is 1.65. The standard InChI is InChI=1S/C10H14N2O/c11-10(4-7-13-8-5-10)9-3-1-2-6-12-9/h1-3,6H,4-5,7-8,11H2. The summed E-state index contributed by atoms with van der Waals surface area (Å²) in [6.45, 7) is 1.49. The maximum Gasteiger partial charge on any atom is 0.0627 e. The normalized spacial score (nSPS) is 21.3. The Kier molecular flexibility index (Phi) is 2.29. The molecule has 2 rings (SSSR count). The average Bonchev–Trinajstić information content (AvgIpc) is 2.20. The van der Waals surface area contributed by atoms with E-state index in [9.17, 15) is 0 Å². The van der Waals surface area contributed by atoms with E-state index in [4.69, 9.17) is 10.5 Å². The van der Waals surface area contributed by atoms with Crippen LogP contribution in [-0.4, -0.2) is 18.2 Å². The molecule has 0 unspecified atom stereocenters. The van der Waals surface area contributed by atoms with Crippen LogP contribution in [-0.2, 0) is 10.3 Å². The third kappa shape index (κ3) is 1.71. The summed E-state index contributed by atoms with van der Waals surface area (Å²) in [6.07, 6.45) is 3.52. The van der Waals surface area contributed by atoms with Gasteiger partial charge in [0.2, 0.25) is 0 Å². The second-order valence-electron chi connectivity index (χ2n) is 3.48. The molecule has 3 heteroatoms. The molecule has 3 nitrogen and oxygen atoms in total. The highest BCUT2D eigenvalue weighted by atomic mass is 16.5. The van der Waals surface area contributed by atoms with Gasteiger partial charge < -0.3 is 10.5 Å². The van der Waals surface area contributed by atoms with Gasteiger partial charge in [-0.15, -0.1) is 0 Å². The second-order valence-corrected chi connectivity index (χ2v) is 3.48. The van der Waals surface area contributed by atoms with E-state index in [1.54, 1.807) is 6.20 Å². The third-order valence-corrected chi connectivity index (χ3v) is 2.56. The Bertz CT molecular complexity index is 268. The van der Waals surface area contributed by atoms with E-state index in [-0.39, 0.29) is 5.54 Å². The molecular weight excluding hydrogens is 164 g/mol. The van der Waals surface area contributed by atoms with Gasteiger partial charge in [-0.25, -0.2) is 0 Å². The molecule has 0 saturated carbocycles. The van der Waals surface area contributed by atoms with Gasteiger partial charge in [-0.3, -0.25) is 4.98 Å². The minimum atomic E-state index is -0.264. The SMILES string of the molecule is NC1(c2ccccn2)CCOCC1. The quantitative estimate of drug-likeness (QED) is 0.699. The van der Waals surface area contributed by atoms with Crippen LogP contribution >= 0.6 is 0 Å². The lowest BCUT2D eigenvalue weighted by Gasteiger charge is -2.32. The largest absolute Gasteiger partial charge is 0.381 e. The monoisotopic (exact) mass is 178 g/mol. The van der Waals surface area contributed by atoms with Crippen LogP contribution in [0.15, 0.2) is 24.4 Å². The van der Waals surface area contributed by atoms with E-state index in [1.165, 1.54) is 0 Å². The Morgan fingerprint density at radius 2 is 2.08 bits per heavy atom. The summed E-state index contributed by atoms with van der Waals surface area (Å²) in [6, 6.07) is 5.88. The van der Waals surface area contributed by atoms with Crippen molar-refractivity contribution in [3.63, 3.8) is 0 Å². The van der Waals surface area contributed by atoms with Crippen molar-refractivity contribution in [2.45, 2.75) is 18.4 Å². The fraction of sp³-hybridized carbons (Fsp3) is 0.500. The molecule has 2 heterocycles. The Hall–Kier alpha value is -0.930. The number of pyridine rings is 1. The van der Waals surface area contributed by atoms with Crippen LogP contribution in [0.25, 0.3) is 0 Å².